The summed E-state index contributed by atoms with van der Waals surface area (Å²) >= 11 is 0. The Morgan fingerprint density at radius 2 is 1.95 bits per heavy atom. The molecule has 19 heavy (non-hydrogen) atoms. The first-order chi connectivity index (χ1) is 8.75. The Morgan fingerprint density at radius 3 is 2.47 bits per heavy atom. The van der Waals surface area contributed by atoms with Crippen molar-refractivity contribution in [1.82, 2.24) is 10.2 Å². The van der Waals surface area contributed by atoms with Crippen LogP contribution in [-0.2, 0) is 11.8 Å². The molecule has 0 saturated heterocycles. The van der Waals surface area contributed by atoms with Gasteiger partial charge in [0, 0.05) is 20.6 Å². The predicted octanol–water partition coefficient (Wildman–Crippen LogP) is 3.11. The number of urea groups is 1. The molecule has 0 saturated carbocycles. The molecule has 106 valence electrons. The number of carbonyl (C=O) groups excluding carboxylic acids is 1. The molecule has 1 aromatic rings. The summed E-state index contributed by atoms with van der Waals surface area (Å²) in [7, 11) is 3.48. The molecule has 0 fully saturated rings. The van der Waals surface area contributed by atoms with Crippen molar-refractivity contribution in [3.05, 3.63) is 34.9 Å². The molecule has 0 radical (unpaired) electrons. The van der Waals surface area contributed by atoms with Crippen molar-refractivity contribution < 1.29 is 4.79 Å². The number of hydrogen-bond acceptors (Lipinski definition) is 1. The zero-order valence-electron chi connectivity index (χ0n) is 13.0. The minimum Gasteiger partial charge on any atom is -0.341 e. The van der Waals surface area contributed by atoms with Gasteiger partial charge in [-0.1, -0.05) is 39.0 Å². The van der Waals surface area contributed by atoms with Gasteiger partial charge in [0.05, 0.1) is 0 Å². The summed E-state index contributed by atoms with van der Waals surface area (Å²) in [6.45, 7) is 9.52. The normalized spacial score (nSPS) is 11.3. The number of aryl methyl sites for hydroxylation is 1. The molecule has 3 heteroatoms. The van der Waals surface area contributed by atoms with Crippen molar-refractivity contribution in [2.45, 2.75) is 39.5 Å². The lowest BCUT2D eigenvalue weighted by molar-refractivity contribution is 0.211. The van der Waals surface area contributed by atoms with Crippen LogP contribution in [-0.4, -0.2) is 31.6 Å². The topological polar surface area (TPSA) is 32.3 Å². The van der Waals surface area contributed by atoms with E-state index in [-0.39, 0.29) is 11.4 Å². The van der Waals surface area contributed by atoms with E-state index in [0.29, 0.717) is 0 Å². The smallest absolute Gasteiger partial charge is 0.316 e. The molecule has 1 N–H and O–H groups in total. The maximum atomic E-state index is 11.5. The quantitative estimate of drug-likeness (QED) is 0.892. The van der Waals surface area contributed by atoms with E-state index in [1.807, 2.05) is 7.05 Å². The molecule has 0 spiro atoms. The van der Waals surface area contributed by atoms with Crippen molar-refractivity contribution in [1.29, 1.82) is 0 Å². The summed E-state index contributed by atoms with van der Waals surface area (Å²) in [6, 6.07) is 6.61. The first kappa shape index (κ1) is 15.5. The maximum Gasteiger partial charge on any atom is 0.316 e. The van der Waals surface area contributed by atoms with E-state index >= 15 is 0 Å². The average Bonchev–Trinajstić information content (AvgIpc) is 2.35. The van der Waals surface area contributed by atoms with Crippen LogP contribution in [0.3, 0.4) is 0 Å². The molecule has 0 unspecified atom stereocenters. The van der Waals surface area contributed by atoms with Gasteiger partial charge in [-0.3, -0.25) is 0 Å². The Morgan fingerprint density at radius 1 is 1.32 bits per heavy atom. The van der Waals surface area contributed by atoms with E-state index in [1.165, 1.54) is 16.7 Å². The molecule has 0 heterocycles. The number of carbonyl (C=O) groups is 1. The van der Waals surface area contributed by atoms with Gasteiger partial charge in [-0.05, 0) is 35.4 Å². The molecule has 0 atom stereocenters. The zero-order chi connectivity index (χ0) is 14.6. The van der Waals surface area contributed by atoms with Gasteiger partial charge in [-0.15, -0.1) is 0 Å². The van der Waals surface area contributed by atoms with Gasteiger partial charge in [-0.2, -0.15) is 0 Å². The molecule has 0 aliphatic carbocycles. The molecule has 0 aliphatic rings. The fraction of sp³-hybridized carbons (Fsp3) is 0.562. The maximum absolute atomic E-state index is 11.5. The lowest BCUT2D eigenvalue weighted by Crippen LogP contribution is -2.36. The van der Waals surface area contributed by atoms with Crippen LogP contribution in [0.4, 0.5) is 4.79 Å². The Labute approximate surface area is 117 Å². The second-order valence-electron chi connectivity index (χ2n) is 6.12. The Balaban J connectivity index is 2.81. The number of nitrogens with zero attached hydrogens (tertiary/aromatic N) is 1. The second kappa shape index (κ2) is 6.09. The highest BCUT2D eigenvalue weighted by atomic mass is 16.2. The van der Waals surface area contributed by atoms with Crippen LogP contribution >= 0.6 is 0 Å². The lowest BCUT2D eigenvalue weighted by atomic mass is 9.85. The molecule has 1 aromatic carbocycles. The molecule has 0 aliphatic heterocycles. The lowest BCUT2D eigenvalue weighted by Gasteiger charge is -2.22. The first-order valence-corrected chi connectivity index (χ1v) is 6.78. The van der Waals surface area contributed by atoms with Crippen molar-refractivity contribution in [3.8, 4) is 0 Å². The minimum absolute atomic E-state index is 0.0374. The molecule has 3 nitrogen and oxygen atoms in total. The summed E-state index contributed by atoms with van der Waals surface area (Å²) < 4.78 is 0. The Kier molecular flexibility index (Phi) is 4.98. The molecule has 0 aromatic heterocycles. The highest BCUT2D eigenvalue weighted by Crippen LogP contribution is 2.24. The van der Waals surface area contributed by atoms with Gasteiger partial charge in [0.2, 0.25) is 0 Å². The van der Waals surface area contributed by atoms with E-state index in [1.54, 1.807) is 11.9 Å². The third-order valence-corrected chi connectivity index (χ3v) is 3.49. The molecular formula is C16H26N2O. The summed E-state index contributed by atoms with van der Waals surface area (Å²) in [6.07, 6.45) is 0.889. The van der Waals surface area contributed by atoms with E-state index in [4.69, 9.17) is 0 Å². The summed E-state index contributed by atoms with van der Waals surface area (Å²) in [5, 5.41) is 2.64. The number of nitrogens with one attached hydrogen (secondary N) is 1. The SMILES string of the molecule is CNC(=O)N(C)CCc1cc(C(C)(C)C)ccc1C. The van der Waals surface area contributed by atoms with Crippen LogP contribution in [0.25, 0.3) is 0 Å². The Hall–Kier alpha value is -1.51. The predicted molar refractivity (Wildman–Crippen MR) is 80.7 cm³/mol. The van der Waals surface area contributed by atoms with E-state index in [9.17, 15) is 4.79 Å². The Bertz CT molecular complexity index is 447. The van der Waals surface area contributed by atoms with E-state index in [2.05, 4.69) is 51.2 Å². The van der Waals surface area contributed by atoms with Gasteiger partial charge < -0.3 is 10.2 Å². The summed E-state index contributed by atoms with van der Waals surface area (Å²) in [5.74, 6) is 0. The van der Waals surface area contributed by atoms with Gasteiger partial charge in [0.1, 0.15) is 0 Å². The van der Waals surface area contributed by atoms with Crippen LogP contribution in [0.15, 0.2) is 18.2 Å². The standard InChI is InChI=1S/C16H26N2O/c1-12-7-8-14(16(2,3)4)11-13(12)9-10-18(6)15(19)17-5/h7-8,11H,9-10H2,1-6H3,(H,17,19). The molecule has 0 bridgehead atoms. The zero-order valence-corrected chi connectivity index (χ0v) is 13.0. The van der Waals surface area contributed by atoms with Crippen molar-refractivity contribution in [2.75, 3.05) is 20.6 Å². The van der Waals surface area contributed by atoms with E-state index < -0.39 is 0 Å². The van der Waals surface area contributed by atoms with Crippen molar-refractivity contribution >= 4 is 6.03 Å². The van der Waals surface area contributed by atoms with Crippen LogP contribution in [0.5, 0.6) is 0 Å². The summed E-state index contributed by atoms with van der Waals surface area (Å²) in [4.78, 5) is 13.2. The number of hydrogen-bond donors (Lipinski definition) is 1. The third kappa shape index (κ3) is 4.27. The van der Waals surface area contributed by atoms with Crippen molar-refractivity contribution in [2.24, 2.45) is 0 Å². The number of likely N-dealkylation sites (N-methyl/N-ethyl adjacent to an activating group) is 1. The van der Waals surface area contributed by atoms with Crippen LogP contribution in [0, 0.1) is 6.92 Å². The molecular weight excluding hydrogens is 236 g/mol. The highest BCUT2D eigenvalue weighted by molar-refractivity contribution is 5.73. The van der Waals surface area contributed by atoms with Gasteiger partial charge >= 0.3 is 6.03 Å². The molecule has 2 amide bonds. The number of rotatable bonds is 3. The number of amides is 2. The average molecular weight is 262 g/mol. The van der Waals surface area contributed by atoms with Gasteiger partial charge in [0.15, 0.2) is 0 Å². The highest BCUT2D eigenvalue weighted by Gasteiger charge is 2.15. The molecule has 1 rings (SSSR count). The second-order valence-corrected chi connectivity index (χ2v) is 6.12. The summed E-state index contributed by atoms with van der Waals surface area (Å²) in [5.41, 5.74) is 4.12. The van der Waals surface area contributed by atoms with Crippen LogP contribution < -0.4 is 5.32 Å². The largest absolute Gasteiger partial charge is 0.341 e. The van der Waals surface area contributed by atoms with Crippen LogP contribution in [0.2, 0.25) is 0 Å². The van der Waals surface area contributed by atoms with E-state index in [0.717, 1.165) is 13.0 Å². The van der Waals surface area contributed by atoms with Crippen LogP contribution in [0.1, 0.15) is 37.5 Å². The third-order valence-electron chi connectivity index (χ3n) is 3.49. The fourth-order valence-corrected chi connectivity index (χ4v) is 1.99. The van der Waals surface area contributed by atoms with Gasteiger partial charge in [-0.25, -0.2) is 4.79 Å². The van der Waals surface area contributed by atoms with Crippen molar-refractivity contribution in [3.63, 3.8) is 0 Å². The first-order valence-electron chi connectivity index (χ1n) is 6.78. The fourth-order valence-electron chi connectivity index (χ4n) is 1.99. The monoisotopic (exact) mass is 262 g/mol. The van der Waals surface area contributed by atoms with Gasteiger partial charge in [0.25, 0.3) is 0 Å². The number of benzene rings is 1. The minimum atomic E-state index is -0.0374.